The van der Waals surface area contributed by atoms with Crippen LogP contribution in [0, 0.1) is 17.5 Å². The summed E-state index contributed by atoms with van der Waals surface area (Å²) in [5, 5.41) is 0. The normalized spacial score (nSPS) is 10.6. The Hall–Kier alpha value is -1.48. The van der Waals surface area contributed by atoms with E-state index in [9.17, 15) is 13.2 Å². The van der Waals surface area contributed by atoms with E-state index < -0.39 is 17.5 Å². The first-order valence-corrected chi connectivity index (χ1v) is 5.46. The van der Waals surface area contributed by atoms with Gasteiger partial charge in [0.05, 0.1) is 5.88 Å². The highest BCUT2D eigenvalue weighted by Crippen LogP contribution is 2.30. The van der Waals surface area contributed by atoms with E-state index in [-0.39, 0.29) is 22.6 Å². The van der Waals surface area contributed by atoms with Crippen molar-refractivity contribution in [3.8, 4) is 11.1 Å². The van der Waals surface area contributed by atoms with Crippen molar-refractivity contribution in [2.45, 2.75) is 5.88 Å². The van der Waals surface area contributed by atoms with Crippen LogP contribution in [0.2, 0.25) is 0 Å². The topological polar surface area (TPSA) is 0 Å². The molecule has 88 valence electrons. The third-order valence-electron chi connectivity index (χ3n) is 2.49. The summed E-state index contributed by atoms with van der Waals surface area (Å²) in [6.45, 7) is 0. The molecule has 0 heterocycles. The second kappa shape index (κ2) is 4.80. The van der Waals surface area contributed by atoms with Crippen LogP contribution in [0.4, 0.5) is 13.2 Å². The summed E-state index contributed by atoms with van der Waals surface area (Å²) in [6.07, 6.45) is 0. The first-order valence-electron chi connectivity index (χ1n) is 4.93. The van der Waals surface area contributed by atoms with Gasteiger partial charge in [0.25, 0.3) is 0 Å². The maximum absolute atomic E-state index is 13.6. The Balaban J connectivity index is 2.68. The predicted octanol–water partition coefficient (Wildman–Crippen LogP) is 4.51. The maximum Gasteiger partial charge on any atom is 0.166 e. The molecule has 0 unspecified atom stereocenters. The summed E-state index contributed by atoms with van der Waals surface area (Å²) in [7, 11) is 0. The SMILES string of the molecule is Fc1cccc(-c2cccc(F)c2CCl)c1F. The standard InChI is InChI=1S/C13H8ClF3/c14-7-10-8(3-1-5-11(10)15)9-4-2-6-12(16)13(9)17/h1-6H,7H2. The molecular weight excluding hydrogens is 249 g/mol. The minimum Gasteiger partial charge on any atom is -0.207 e. The molecule has 2 aromatic carbocycles. The van der Waals surface area contributed by atoms with Crippen molar-refractivity contribution >= 4 is 11.6 Å². The molecule has 17 heavy (non-hydrogen) atoms. The van der Waals surface area contributed by atoms with Crippen molar-refractivity contribution in [3.63, 3.8) is 0 Å². The summed E-state index contributed by atoms with van der Waals surface area (Å²) in [6, 6.07) is 7.96. The van der Waals surface area contributed by atoms with Gasteiger partial charge in [0, 0.05) is 11.1 Å². The highest BCUT2D eigenvalue weighted by atomic mass is 35.5. The van der Waals surface area contributed by atoms with Crippen molar-refractivity contribution in [2.24, 2.45) is 0 Å². The highest BCUT2D eigenvalue weighted by molar-refractivity contribution is 6.17. The van der Waals surface area contributed by atoms with Crippen LogP contribution in [0.1, 0.15) is 5.56 Å². The molecule has 4 heteroatoms. The Morgan fingerprint density at radius 2 is 1.41 bits per heavy atom. The summed E-state index contributed by atoms with van der Waals surface area (Å²) in [4.78, 5) is 0. The van der Waals surface area contributed by atoms with Crippen molar-refractivity contribution < 1.29 is 13.2 Å². The van der Waals surface area contributed by atoms with E-state index in [1.54, 1.807) is 0 Å². The van der Waals surface area contributed by atoms with Crippen LogP contribution in [-0.4, -0.2) is 0 Å². The molecule has 0 aliphatic rings. The molecule has 0 spiro atoms. The average molecular weight is 257 g/mol. The summed E-state index contributed by atoms with van der Waals surface area (Å²) in [5.41, 5.74) is 0.454. The lowest BCUT2D eigenvalue weighted by molar-refractivity contribution is 0.511. The Kier molecular flexibility index (Phi) is 3.38. The molecule has 0 saturated carbocycles. The van der Waals surface area contributed by atoms with E-state index in [1.807, 2.05) is 0 Å². The first kappa shape index (κ1) is 12.0. The number of halogens is 4. The molecule has 0 nitrogen and oxygen atoms in total. The average Bonchev–Trinajstić information content (AvgIpc) is 2.32. The van der Waals surface area contributed by atoms with Gasteiger partial charge in [-0.05, 0) is 17.7 Å². The van der Waals surface area contributed by atoms with E-state index in [4.69, 9.17) is 11.6 Å². The van der Waals surface area contributed by atoms with Gasteiger partial charge >= 0.3 is 0 Å². The number of alkyl halides is 1. The zero-order valence-electron chi connectivity index (χ0n) is 8.68. The Morgan fingerprint density at radius 3 is 2.06 bits per heavy atom. The van der Waals surface area contributed by atoms with Crippen LogP contribution in [0.25, 0.3) is 11.1 Å². The zero-order chi connectivity index (χ0) is 12.4. The van der Waals surface area contributed by atoms with E-state index in [0.717, 1.165) is 6.07 Å². The second-order valence-corrected chi connectivity index (χ2v) is 3.77. The first-order chi connectivity index (χ1) is 8.15. The van der Waals surface area contributed by atoms with Crippen LogP contribution in [0.15, 0.2) is 36.4 Å². The summed E-state index contributed by atoms with van der Waals surface area (Å²) >= 11 is 5.62. The predicted molar refractivity (Wildman–Crippen MR) is 61.3 cm³/mol. The van der Waals surface area contributed by atoms with Gasteiger partial charge in [-0.15, -0.1) is 11.6 Å². The van der Waals surface area contributed by atoms with Crippen molar-refractivity contribution in [3.05, 3.63) is 59.4 Å². The highest BCUT2D eigenvalue weighted by Gasteiger charge is 2.14. The number of hydrogen-bond acceptors (Lipinski definition) is 0. The van der Waals surface area contributed by atoms with Crippen molar-refractivity contribution in [1.82, 2.24) is 0 Å². The lowest BCUT2D eigenvalue weighted by atomic mass is 9.99. The van der Waals surface area contributed by atoms with Crippen LogP contribution >= 0.6 is 11.6 Å². The lowest BCUT2D eigenvalue weighted by Gasteiger charge is -2.09. The van der Waals surface area contributed by atoms with E-state index in [1.165, 1.54) is 30.3 Å². The van der Waals surface area contributed by atoms with E-state index in [2.05, 4.69) is 0 Å². The van der Waals surface area contributed by atoms with E-state index >= 15 is 0 Å². The fourth-order valence-corrected chi connectivity index (χ4v) is 1.93. The van der Waals surface area contributed by atoms with Crippen molar-refractivity contribution in [1.29, 1.82) is 0 Å². The molecule has 2 rings (SSSR count). The van der Waals surface area contributed by atoms with E-state index in [0.29, 0.717) is 0 Å². The van der Waals surface area contributed by atoms with Gasteiger partial charge < -0.3 is 0 Å². The second-order valence-electron chi connectivity index (χ2n) is 3.50. The molecule has 0 atom stereocenters. The van der Waals surface area contributed by atoms with Gasteiger partial charge in [-0.3, -0.25) is 0 Å². The van der Waals surface area contributed by atoms with Crippen LogP contribution in [0.3, 0.4) is 0 Å². The molecule has 0 aliphatic carbocycles. The molecule has 0 aliphatic heterocycles. The van der Waals surface area contributed by atoms with Gasteiger partial charge in [-0.2, -0.15) is 0 Å². The quantitative estimate of drug-likeness (QED) is 0.694. The molecule has 0 radical (unpaired) electrons. The number of rotatable bonds is 2. The Bertz CT molecular complexity index is 552. The van der Waals surface area contributed by atoms with Crippen LogP contribution in [0.5, 0.6) is 0 Å². The minimum absolute atomic E-state index is 0.0140. The minimum atomic E-state index is -0.996. The molecule has 0 bridgehead atoms. The van der Waals surface area contributed by atoms with Gasteiger partial charge in [0.2, 0.25) is 0 Å². The fraction of sp³-hybridized carbons (Fsp3) is 0.0769. The molecule has 2 aromatic rings. The molecule has 0 fully saturated rings. The summed E-state index contributed by atoms with van der Waals surface area (Å²) in [5.74, 6) is -2.59. The van der Waals surface area contributed by atoms with Gasteiger partial charge in [-0.25, -0.2) is 13.2 Å². The number of benzene rings is 2. The molecule has 0 N–H and O–H groups in total. The molecule has 0 saturated heterocycles. The fourth-order valence-electron chi connectivity index (χ4n) is 1.66. The Morgan fingerprint density at radius 1 is 0.824 bits per heavy atom. The Labute approximate surface area is 102 Å². The third kappa shape index (κ3) is 2.15. The van der Waals surface area contributed by atoms with Crippen molar-refractivity contribution in [2.75, 3.05) is 0 Å². The van der Waals surface area contributed by atoms with Gasteiger partial charge in [-0.1, -0.05) is 24.3 Å². The zero-order valence-corrected chi connectivity index (χ0v) is 9.44. The maximum atomic E-state index is 13.6. The van der Waals surface area contributed by atoms with Crippen LogP contribution in [-0.2, 0) is 5.88 Å². The van der Waals surface area contributed by atoms with Crippen LogP contribution < -0.4 is 0 Å². The largest absolute Gasteiger partial charge is 0.207 e. The molecular formula is C13H8ClF3. The lowest BCUT2D eigenvalue weighted by Crippen LogP contribution is -1.95. The van der Waals surface area contributed by atoms with Gasteiger partial charge in [0.15, 0.2) is 11.6 Å². The van der Waals surface area contributed by atoms with Gasteiger partial charge in [0.1, 0.15) is 5.82 Å². The number of hydrogen-bond donors (Lipinski definition) is 0. The molecule has 0 aromatic heterocycles. The summed E-state index contributed by atoms with van der Waals surface area (Å²) < 4.78 is 40.2. The monoisotopic (exact) mass is 256 g/mol. The third-order valence-corrected chi connectivity index (χ3v) is 2.76. The molecule has 0 amide bonds. The smallest absolute Gasteiger partial charge is 0.166 e.